The molecule has 1 heterocycles. The standard InChI is InChI=1S/C16H29N3O/c1-3-5-6-7-8-9-10-11-12-19-16(20)13-15(14-18-19)17-4-2/h13-14,17H,3-12H2,1-2H3. The molecule has 0 radical (unpaired) electrons. The number of aromatic nitrogens is 2. The Hall–Kier alpha value is -1.32. The molecule has 20 heavy (non-hydrogen) atoms. The fourth-order valence-corrected chi connectivity index (χ4v) is 2.30. The normalized spacial score (nSPS) is 10.7. The van der Waals surface area contributed by atoms with Gasteiger partial charge in [0.15, 0.2) is 0 Å². The summed E-state index contributed by atoms with van der Waals surface area (Å²) in [6, 6.07) is 1.63. The monoisotopic (exact) mass is 279 g/mol. The summed E-state index contributed by atoms with van der Waals surface area (Å²) in [5.41, 5.74) is 0.802. The second kappa shape index (κ2) is 10.5. The Morgan fingerprint density at radius 1 is 1.05 bits per heavy atom. The van der Waals surface area contributed by atoms with Crippen LogP contribution in [0.5, 0.6) is 0 Å². The van der Waals surface area contributed by atoms with Gasteiger partial charge in [0.05, 0.1) is 11.9 Å². The molecule has 0 aromatic carbocycles. The Morgan fingerprint density at radius 3 is 2.30 bits per heavy atom. The lowest BCUT2D eigenvalue weighted by Crippen LogP contribution is -2.22. The van der Waals surface area contributed by atoms with Crippen molar-refractivity contribution < 1.29 is 0 Å². The van der Waals surface area contributed by atoms with Crippen molar-refractivity contribution in [2.45, 2.75) is 71.8 Å². The van der Waals surface area contributed by atoms with Crippen LogP contribution in [0.25, 0.3) is 0 Å². The lowest BCUT2D eigenvalue weighted by atomic mass is 10.1. The predicted octanol–water partition coefficient (Wildman–Crippen LogP) is 3.82. The molecule has 0 aliphatic rings. The van der Waals surface area contributed by atoms with Gasteiger partial charge < -0.3 is 5.32 Å². The smallest absolute Gasteiger partial charge is 0.268 e. The van der Waals surface area contributed by atoms with Gasteiger partial charge in [0.1, 0.15) is 0 Å². The maximum atomic E-state index is 11.8. The molecular formula is C16H29N3O. The largest absolute Gasteiger partial charge is 0.384 e. The number of hydrogen-bond donors (Lipinski definition) is 1. The van der Waals surface area contributed by atoms with Gasteiger partial charge >= 0.3 is 0 Å². The highest BCUT2D eigenvalue weighted by molar-refractivity contribution is 5.38. The minimum absolute atomic E-state index is 0.00797. The van der Waals surface area contributed by atoms with Gasteiger partial charge in [-0.3, -0.25) is 4.79 Å². The van der Waals surface area contributed by atoms with Crippen molar-refractivity contribution in [3.05, 3.63) is 22.6 Å². The summed E-state index contributed by atoms with van der Waals surface area (Å²) in [4.78, 5) is 11.8. The summed E-state index contributed by atoms with van der Waals surface area (Å²) in [5, 5.41) is 7.30. The fourth-order valence-electron chi connectivity index (χ4n) is 2.30. The number of unbranched alkanes of at least 4 members (excludes halogenated alkanes) is 7. The molecule has 114 valence electrons. The van der Waals surface area contributed by atoms with Crippen LogP contribution in [-0.4, -0.2) is 16.3 Å². The first-order chi connectivity index (χ1) is 9.77. The van der Waals surface area contributed by atoms with Crippen LogP contribution in [0.1, 0.15) is 65.2 Å². The van der Waals surface area contributed by atoms with Crippen LogP contribution in [0.2, 0.25) is 0 Å². The Balaban J connectivity index is 2.17. The topological polar surface area (TPSA) is 46.9 Å². The number of nitrogens with one attached hydrogen (secondary N) is 1. The highest BCUT2D eigenvalue weighted by Gasteiger charge is 1.99. The Morgan fingerprint density at radius 2 is 1.70 bits per heavy atom. The van der Waals surface area contributed by atoms with Gasteiger partial charge in [-0.05, 0) is 13.3 Å². The lowest BCUT2D eigenvalue weighted by Gasteiger charge is -2.06. The third kappa shape index (κ3) is 6.73. The average Bonchev–Trinajstić information content (AvgIpc) is 2.44. The van der Waals surface area contributed by atoms with Crippen LogP contribution in [0.3, 0.4) is 0 Å². The van der Waals surface area contributed by atoms with Crippen LogP contribution < -0.4 is 10.9 Å². The van der Waals surface area contributed by atoms with Crippen LogP contribution >= 0.6 is 0 Å². The molecule has 0 atom stereocenters. The summed E-state index contributed by atoms with van der Waals surface area (Å²) >= 11 is 0. The van der Waals surface area contributed by atoms with Crippen LogP contribution in [0.4, 0.5) is 5.69 Å². The van der Waals surface area contributed by atoms with Gasteiger partial charge in [-0.1, -0.05) is 51.9 Å². The van der Waals surface area contributed by atoms with Gasteiger partial charge in [0.2, 0.25) is 0 Å². The van der Waals surface area contributed by atoms with E-state index in [0.29, 0.717) is 0 Å². The SMILES string of the molecule is CCCCCCCCCCn1ncc(NCC)cc1=O. The zero-order valence-corrected chi connectivity index (χ0v) is 13.0. The molecule has 0 fully saturated rings. The van der Waals surface area contributed by atoms with Crippen molar-refractivity contribution in [3.8, 4) is 0 Å². The summed E-state index contributed by atoms with van der Waals surface area (Å²) in [6.07, 6.45) is 11.9. The van der Waals surface area contributed by atoms with Gasteiger partial charge in [0.25, 0.3) is 5.56 Å². The van der Waals surface area contributed by atoms with E-state index in [-0.39, 0.29) is 5.56 Å². The van der Waals surface area contributed by atoms with E-state index < -0.39 is 0 Å². The van der Waals surface area contributed by atoms with Crippen LogP contribution in [0.15, 0.2) is 17.1 Å². The van der Waals surface area contributed by atoms with E-state index in [9.17, 15) is 4.79 Å². The molecule has 0 spiro atoms. The zero-order valence-electron chi connectivity index (χ0n) is 13.0. The number of hydrogen-bond acceptors (Lipinski definition) is 3. The predicted molar refractivity (Wildman–Crippen MR) is 85.3 cm³/mol. The first-order valence-electron chi connectivity index (χ1n) is 8.09. The second-order valence-corrected chi connectivity index (χ2v) is 5.31. The molecule has 0 aliphatic carbocycles. The third-order valence-electron chi connectivity index (χ3n) is 3.47. The van der Waals surface area contributed by atoms with E-state index in [1.807, 2.05) is 6.92 Å². The number of rotatable bonds is 11. The molecule has 0 aliphatic heterocycles. The van der Waals surface area contributed by atoms with Crippen LogP contribution in [-0.2, 0) is 6.54 Å². The highest BCUT2D eigenvalue weighted by Crippen LogP contribution is 2.08. The number of anilines is 1. The first-order valence-corrected chi connectivity index (χ1v) is 8.09. The fraction of sp³-hybridized carbons (Fsp3) is 0.750. The minimum atomic E-state index is -0.00797. The maximum absolute atomic E-state index is 11.8. The van der Waals surface area contributed by atoms with E-state index >= 15 is 0 Å². The molecule has 0 saturated carbocycles. The molecule has 0 saturated heterocycles. The molecular weight excluding hydrogens is 250 g/mol. The van der Waals surface area contributed by atoms with E-state index in [2.05, 4.69) is 17.3 Å². The summed E-state index contributed by atoms with van der Waals surface area (Å²) in [6.45, 7) is 5.79. The van der Waals surface area contributed by atoms with Gasteiger partial charge in [0, 0.05) is 19.2 Å². The summed E-state index contributed by atoms with van der Waals surface area (Å²) < 4.78 is 1.57. The third-order valence-corrected chi connectivity index (χ3v) is 3.47. The van der Waals surface area contributed by atoms with E-state index in [4.69, 9.17) is 0 Å². The Bertz CT molecular complexity index is 414. The summed E-state index contributed by atoms with van der Waals surface area (Å²) in [7, 11) is 0. The minimum Gasteiger partial charge on any atom is -0.384 e. The Labute approximate surface area is 122 Å². The lowest BCUT2D eigenvalue weighted by molar-refractivity contribution is 0.504. The number of aryl methyl sites for hydroxylation is 1. The maximum Gasteiger partial charge on any atom is 0.268 e. The van der Waals surface area contributed by atoms with Crippen molar-refractivity contribution in [1.82, 2.24) is 9.78 Å². The quantitative estimate of drug-likeness (QED) is 0.626. The molecule has 1 aromatic heterocycles. The van der Waals surface area contributed by atoms with Crippen molar-refractivity contribution in [3.63, 3.8) is 0 Å². The molecule has 0 amide bonds. The van der Waals surface area contributed by atoms with Crippen molar-refractivity contribution in [1.29, 1.82) is 0 Å². The van der Waals surface area contributed by atoms with Crippen molar-refractivity contribution in [2.24, 2.45) is 0 Å². The Kier molecular flexibility index (Phi) is 8.76. The van der Waals surface area contributed by atoms with Crippen molar-refractivity contribution in [2.75, 3.05) is 11.9 Å². The van der Waals surface area contributed by atoms with Gasteiger partial charge in [-0.2, -0.15) is 5.10 Å². The van der Waals surface area contributed by atoms with E-state index in [1.165, 1.54) is 44.9 Å². The van der Waals surface area contributed by atoms with Crippen molar-refractivity contribution >= 4 is 5.69 Å². The molecule has 0 bridgehead atoms. The molecule has 4 nitrogen and oxygen atoms in total. The van der Waals surface area contributed by atoms with E-state index in [1.54, 1.807) is 16.9 Å². The highest BCUT2D eigenvalue weighted by atomic mass is 16.1. The molecule has 1 aromatic rings. The van der Waals surface area contributed by atoms with Gasteiger partial charge in [-0.25, -0.2) is 4.68 Å². The molecule has 1 rings (SSSR count). The average molecular weight is 279 g/mol. The van der Waals surface area contributed by atoms with Gasteiger partial charge in [-0.15, -0.1) is 0 Å². The first kappa shape index (κ1) is 16.7. The van der Waals surface area contributed by atoms with E-state index in [0.717, 1.165) is 25.2 Å². The van der Waals surface area contributed by atoms with Crippen LogP contribution in [0, 0.1) is 0 Å². The number of nitrogens with zero attached hydrogens (tertiary/aromatic N) is 2. The molecule has 1 N–H and O–H groups in total. The molecule has 0 unspecified atom stereocenters. The second-order valence-electron chi connectivity index (χ2n) is 5.31. The zero-order chi connectivity index (χ0) is 14.6. The molecule has 4 heteroatoms. The summed E-state index contributed by atoms with van der Waals surface area (Å²) in [5.74, 6) is 0.